The van der Waals surface area contributed by atoms with Gasteiger partial charge in [-0.15, -0.1) is 0 Å². The SMILES string of the molecule is CCCCC/C=C\CCCCCCCC(=O)O[C@H](COC(=O)CCCCCCCCCCC)COP(=O)(O)OC[C@H](N)C(=O)O. The lowest BCUT2D eigenvalue weighted by atomic mass is 10.1. The second kappa shape index (κ2) is 29.6. The van der Waals surface area contributed by atoms with Gasteiger partial charge in [0.2, 0.25) is 0 Å². The first kappa shape index (κ1) is 43.2. The van der Waals surface area contributed by atoms with E-state index in [4.69, 9.17) is 24.8 Å². The Kier molecular flexibility index (Phi) is 28.4. The van der Waals surface area contributed by atoms with Gasteiger partial charge in [-0.2, -0.15) is 0 Å². The lowest BCUT2D eigenvalue weighted by Gasteiger charge is -2.20. The number of unbranched alkanes of at least 4 members (excludes halogenated alkanes) is 16. The van der Waals surface area contributed by atoms with Crippen molar-refractivity contribution in [3.8, 4) is 0 Å². The van der Waals surface area contributed by atoms with Crippen LogP contribution in [0.1, 0.15) is 149 Å². The molecule has 0 radical (unpaired) electrons. The maximum absolute atomic E-state index is 12.5. The van der Waals surface area contributed by atoms with Gasteiger partial charge in [0.15, 0.2) is 6.10 Å². The van der Waals surface area contributed by atoms with Crippen LogP contribution in [0.5, 0.6) is 0 Å². The number of allylic oxidation sites excluding steroid dienone is 2. The quantitative estimate of drug-likeness (QED) is 0.0278. The Balaban J connectivity index is 4.51. The minimum Gasteiger partial charge on any atom is -0.480 e. The Bertz CT molecular complexity index is 838. The number of nitrogens with two attached hydrogens (primary N) is 1. The van der Waals surface area contributed by atoms with E-state index < -0.39 is 51.1 Å². The van der Waals surface area contributed by atoms with Gasteiger partial charge in [0.05, 0.1) is 13.2 Å². The van der Waals surface area contributed by atoms with E-state index in [2.05, 4.69) is 30.5 Å². The van der Waals surface area contributed by atoms with Gasteiger partial charge < -0.3 is 25.2 Å². The zero-order valence-corrected chi connectivity index (χ0v) is 28.9. The van der Waals surface area contributed by atoms with Crippen molar-refractivity contribution in [1.29, 1.82) is 0 Å². The summed E-state index contributed by atoms with van der Waals surface area (Å²) in [5.41, 5.74) is 5.29. The molecule has 11 nitrogen and oxygen atoms in total. The molecule has 0 bridgehead atoms. The van der Waals surface area contributed by atoms with Gasteiger partial charge in [-0.25, -0.2) is 4.57 Å². The summed E-state index contributed by atoms with van der Waals surface area (Å²) in [7, 11) is -4.70. The van der Waals surface area contributed by atoms with Crippen LogP contribution in [0.3, 0.4) is 0 Å². The number of esters is 2. The van der Waals surface area contributed by atoms with Crippen molar-refractivity contribution in [3.05, 3.63) is 12.2 Å². The molecule has 0 fully saturated rings. The van der Waals surface area contributed by atoms with E-state index in [1.165, 1.54) is 51.4 Å². The normalized spacial score (nSPS) is 14.2. The van der Waals surface area contributed by atoms with Gasteiger partial charge in [0.1, 0.15) is 12.6 Å². The van der Waals surface area contributed by atoms with Crippen LogP contribution >= 0.6 is 7.82 Å². The minimum atomic E-state index is -4.70. The molecule has 4 N–H and O–H groups in total. The van der Waals surface area contributed by atoms with E-state index in [9.17, 15) is 23.8 Å². The molecule has 0 heterocycles. The third kappa shape index (κ3) is 29.4. The van der Waals surface area contributed by atoms with Crippen molar-refractivity contribution in [2.45, 2.75) is 161 Å². The number of rotatable bonds is 32. The smallest absolute Gasteiger partial charge is 0.472 e. The molecule has 0 rings (SSSR count). The Hall–Kier alpha value is -1.78. The molecule has 0 saturated carbocycles. The molecule has 0 aromatic heterocycles. The summed E-state index contributed by atoms with van der Waals surface area (Å²) in [6, 6.07) is -1.52. The van der Waals surface area contributed by atoms with Gasteiger partial charge in [0.25, 0.3) is 0 Å². The molecule has 12 heteroatoms. The Morgan fingerprint density at radius 3 is 1.67 bits per heavy atom. The van der Waals surface area contributed by atoms with Crippen LogP contribution in [0, 0.1) is 0 Å². The predicted octanol–water partition coefficient (Wildman–Crippen LogP) is 7.78. The largest absolute Gasteiger partial charge is 0.480 e. The van der Waals surface area contributed by atoms with Crippen LogP contribution < -0.4 is 5.73 Å². The number of aliphatic carboxylic acids is 1. The molecule has 0 amide bonds. The van der Waals surface area contributed by atoms with Crippen LogP contribution in [0.15, 0.2) is 12.2 Å². The third-order valence-electron chi connectivity index (χ3n) is 7.26. The van der Waals surface area contributed by atoms with E-state index in [1.54, 1.807) is 0 Å². The van der Waals surface area contributed by atoms with Crippen molar-refractivity contribution in [1.82, 2.24) is 0 Å². The Morgan fingerprint density at radius 1 is 0.667 bits per heavy atom. The first-order valence-corrected chi connectivity index (χ1v) is 18.7. The highest BCUT2D eigenvalue weighted by Crippen LogP contribution is 2.43. The highest BCUT2D eigenvalue weighted by atomic mass is 31.2. The third-order valence-corrected chi connectivity index (χ3v) is 8.21. The number of phosphoric acid groups is 1. The molecular weight excluding hydrogens is 601 g/mol. The van der Waals surface area contributed by atoms with Crippen LogP contribution in [-0.4, -0.2) is 59.9 Å². The fourth-order valence-corrected chi connectivity index (χ4v) is 5.25. The summed E-state index contributed by atoms with van der Waals surface area (Å²) in [4.78, 5) is 45.5. The van der Waals surface area contributed by atoms with Crippen LogP contribution in [0.25, 0.3) is 0 Å². The second-order valence-electron chi connectivity index (χ2n) is 11.7. The van der Waals surface area contributed by atoms with E-state index in [-0.39, 0.29) is 19.4 Å². The molecule has 0 saturated heterocycles. The second-order valence-corrected chi connectivity index (χ2v) is 13.1. The molecule has 264 valence electrons. The number of carboxylic acids is 1. The molecule has 0 aromatic carbocycles. The van der Waals surface area contributed by atoms with Crippen molar-refractivity contribution < 1.29 is 47.5 Å². The van der Waals surface area contributed by atoms with Crippen molar-refractivity contribution in [3.63, 3.8) is 0 Å². The Labute approximate surface area is 271 Å². The molecule has 0 aromatic rings. The number of hydrogen-bond acceptors (Lipinski definition) is 9. The molecule has 3 atom stereocenters. The molecule has 0 aliphatic carbocycles. The maximum Gasteiger partial charge on any atom is 0.472 e. The number of carboxylic acid groups (broad SMARTS) is 1. The topological polar surface area (TPSA) is 172 Å². The first-order valence-electron chi connectivity index (χ1n) is 17.2. The fourth-order valence-electron chi connectivity index (χ4n) is 4.47. The maximum atomic E-state index is 12.5. The predicted molar refractivity (Wildman–Crippen MR) is 176 cm³/mol. The van der Waals surface area contributed by atoms with Crippen LogP contribution in [0.2, 0.25) is 0 Å². The summed E-state index contributed by atoms with van der Waals surface area (Å²) in [6.45, 7) is 2.71. The van der Waals surface area contributed by atoms with Gasteiger partial charge >= 0.3 is 25.7 Å². The number of ether oxygens (including phenoxy) is 2. The van der Waals surface area contributed by atoms with E-state index in [0.717, 1.165) is 57.8 Å². The molecule has 45 heavy (non-hydrogen) atoms. The first-order chi connectivity index (χ1) is 21.6. The lowest BCUT2D eigenvalue weighted by Crippen LogP contribution is -2.34. The zero-order valence-electron chi connectivity index (χ0n) is 28.0. The molecule has 1 unspecified atom stereocenters. The molecular formula is C33H62NO10P. The monoisotopic (exact) mass is 663 g/mol. The number of carbonyl (C=O) groups is 3. The lowest BCUT2D eigenvalue weighted by molar-refractivity contribution is -0.161. The van der Waals surface area contributed by atoms with Gasteiger partial charge in [0, 0.05) is 12.8 Å². The average molecular weight is 664 g/mol. The van der Waals surface area contributed by atoms with Crippen molar-refractivity contribution in [2.24, 2.45) is 5.73 Å². The number of carbonyl (C=O) groups excluding carboxylic acids is 2. The Morgan fingerprint density at radius 2 is 1.11 bits per heavy atom. The highest BCUT2D eigenvalue weighted by molar-refractivity contribution is 7.47. The summed E-state index contributed by atoms with van der Waals surface area (Å²) >= 11 is 0. The zero-order chi connectivity index (χ0) is 33.6. The summed E-state index contributed by atoms with van der Waals surface area (Å²) in [5.74, 6) is -2.39. The summed E-state index contributed by atoms with van der Waals surface area (Å²) < 4.78 is 32.4. The van der Waals surface area contributed by atoms with E-state index in [0.29, 0.717) is 12.8 Å². The standard InChI is InChI=1S/C33H62NO10P/c1-3-5-7-9-11-13-14-15-17-19-21-23-25-32(36)44-29(27-42-45(39,40)43-28-30(34)33(37)38)26-41-31(35)24-22-20-18-16-12-10-8-6-4-2/h11,13,29-30H,3-10,12,14-28,34H2,1-2H3,(H,37,38)(H,39,40)/b13-11-/t29-,30+/m1/s1. The van der Waals surface area contributed by atoms with E-state index >= 15 is 0 Å². The fraction of sp³-hybridized carbons (Fsp3) is 0.848. The molecule has 0 spiro atoms. The highest BCUT2D eigenvalue weighted by Gasteiger charge is 2.28. The summed E-state index contributed by atoms with van der Waals surface area (Å²) in [5, 5.41) is 8.82. The minimum absolute atomic E-state index is 0.154. The van der Waals surface area contributed by atoms with Crippen LogP contribution in [-0.2, 0) is 37.5 Å². The summed E-state index contributed by atoms with van der Waals surface area (Å²) in [6.07, 6.45) is 24.4. The van der Waals surface area contributed by atoms with Crippen molar-refractivity contribution >= 4 is 25.7 Å². The van der Waals surface area contributed by atoms with Gasteiger partial charge in [-0.3, -0.25) is 23.4 Å². The molecule has 0 aliphatic rings. The van der Waals surface area contributed by atoms with Gasteiger partial charge in [-0.1, -0.05) is 109 Å². The van der Waals surface area contributed by atoms with Crippen LogP contribution in [0.4, 0.5) is 0 Å². The van der Waals surface area contributed by atoms with Gasteiger partial charge in [-0.05, 0) is 38.5 Å². The average Bonchev–Trinajstić information content (AvgIpc) is 3.00. The van der Waals surface area contributed by atoms with Crippen molar-refractivity contribution in [2.75, 3.05) is 19.8 Å². The molecule has 0 aliphatic heterocycles. The number of hydrogen-bond donors (Lipinski definition) is 3. The number of phosphoric ester groups is 1. The van der Waals surface area contributed by atoms with E-state index in [1.807, 2.05) is 0 Å².